The van der Waals surface area contributed by atoms with Gasteiger partial charge in [0.2, 0.25) is 5.95 Å². The molecule has 7 nitrogen and oxygen atoms in total. The average molecular weight is 393 g/mol. The van der Waals surface area contributed by atoms with Crippen LogP contribution in [0.5, 0.6) is 5.75 Å². The summed E-state index contributed by atoms with van der Waals surface area (Å²) in [6.45, 7) is 5.04. The summed E-state index contributed by atoms with van der Waals surface area (Å²) in [7, 11) is 0. The second-order valence-electron chi connectivity index (χ2n) is 5.58. The van der Waals surface area contributed by atoms with Gasteiger partial charge in [-0.05, 0) is 30.7 Å². The molecule has 1 fully saturated rings. The van der Waals surface area contributed by atoms with E-state index in [4.69, 9.17) is 16.2 Å². The normalized spacial score (nSPS) is 17.8. The summed E-state index contributed by atoms with van der Waals surface area (Å²) in [5.41, 5.74) is 12.7. The van der Waals surface area contributed by atoms with E-state index in [1.165, 1.54) is 0 Å². The van der Waals surface area contributed by atoms with Crippen LogP contribution in [-0.4, -0.2) is 36.2 Å². The standard InChI is InChI=1S/C16H21BrN6O/c1-2-24-10-3-4-12(17)11(7-10)13-9-23(6-5-20-13)15-8-14(18)21-16(19)22-15/h3-4,7-8,13,20H,2,5-6,9H2,1H3,(H4,18,19,21,22)/t13-/m0/s1. The van der Waals surface area contributed by atoms with Crippen molar-refractivity contribution in [2.24, 2.45) is 0 Å². The van der Waals surface area contributed by atoms with Crippen LogP contribution in [0.1, 0.15) is 18.5 Å². The van der Waals surface area contributed by atoms with Crippen molar-refractivity contribution < 1.29 is 4.74 Å². The minimum Gasteiger partial charge on any atom is -0.494 e. The molecule has 1 atom stereocenters. The van der Waals surface area contributed by atoms with Crippen molar-refractivity contribution in [2.75, 3.05) is 42.6 Å². The molecule has 8 heteroatoms. The van der Waals surface area contributed by atoms with Crippen molar-refractivity contribution in [1.82, 2.24) is 15.3 Å². The molecule has 3 rings (SSSR count). The second-order valence-corrected chi connectivity index (χ2v) is 6.43. The third kappa shape index (κ3) is 3.70. The maximum atomic E-state index is 5.79. The maximum absolute atomic E-state index is 5.79. The number of piperazine rings is 1. The summed E-state index contributed by atoms with van der Waals surface area (Å²) in [4.78, 5) is 10.4. The Morgan fingerprint density at radius 2 is 2.17 bits per heavy atom. The summed E-state index contributed by atoms with van der Waals surface area (Å²) in [6, 6.07) is 7.94. The highest BCUT2D eigenvalue weighted by atomic mass is 79.9. The van der Waals surface area contributed by atoms with Crippen LogP contribution < -0.4 is 26.4 Å². The molecule has 128 valence electrons. The van der Waals surface area contributed by atoms with Gasteiger partial charge >= 0.3 is 0 Å². The number of aromatic nitrogens is 2. The van der Waals surface area contributed by atoms with Gasteiger partial charge in [-0.3, -0.25) is 0 Å². The average Bonchev–Trinajstić information content (AvgIpc) is 2.56. The molecule has 0 amide bonds. The molecule has 1 aliphatic heterocycles. The van der Waals surface area contributed by atoms with E-state index in [1.807, 2.05) is 19.1 Å². The molecular formula is C16H21BrN6O. The van der Waals surface area contributed by atoms with Crippen LogP contribution in [0, 0.1) is 0 Å². The van der Waals surface area contributed by atoms with Crippen molar-refractivity contribution in [3.05, 3.63) is 34.3 Å². The lowest BCUT2D eigenvalue weighted by molar-refractivity contribution is 0.339. The molecule has 1 aromatic carbocycles. The molecule has 24 heavy (non-hydrogen) atoms. The molecule has 1 aliphatic rings. The third-order valence-electron chi connectivity index (χ3n) is 3.90. The van der Waals surface area contributed by atoms with E-state index in [0.717, 1.165) is 41.2 Å². The predicted molar refractivity (Wildman–Crippen MR) is 99.1 cm³/mol. The lowest BCUT2D eigenvalue weighted by Crippen LogP contribution is -2.46. The SMILES string of the molecule is CCOc1ccc(Br)c([C@@H]2CN(c3cc(N)nc(N)n3)CCN2)c1. The van der Waals surface area contributed by atoms with Crippen molar-refractivity contribution in [2.45, 2.75) is 13.0 Å². The van der Waals surface area contributed by atoms with Crippen LogP contribution in [0.25, 0.3) is 0 Å². The largest absolute Gasteiger partial charge is 0.494 e. The molecule has 0 radical (unpaired) electrons. The zero-order valence-corrected chi connectivity index (χ0v) is 15.1. The fourth-order valence-corrected chi connectivity index (χ4v) is 3.37. The summed E-state index contributed by atoms with van der Waals surface area (Å²) in [6.07, 6.45) is 0. The van der Waals surface area contributed by atoms with Gasteiger partial charge < -0.3 is 26.4 Å². The van der Waals surface area contributed by atoms with Crippen molar-refractivity contribution in [3.8, 4) is 5.75 Å². The first-order chi connectivity index (χ1) is 11.6. The Hall–Kier alpha value is -2.06. The number of ether oxygens (including phenoxy) is 1. The monoisotopic (exact) mass is 392 g/mol. The number of halogens is 1. The number of nitrogens with two attached hydrogens (primary N) is 2. The van der Waals surface area contributed by atoms with E-state index in [0.29, 0.717) is 12.4 Å². The van der Waals surface area contributed by atoms with Gasteiger partial charge in [-0.1, -0.05) is 15.9 Å². The molecular weight excluding hydrogens is 372 g/mol. The molecule has 1 aromatic heterocycles. The number of rotatable bonds is 4. The summed E-state index contributed by atoms with van der Waals surface area (Å²) >= 11 is 3.64. The first-order valence-electron chi connectivity index (χ1n) is 7.87. The van der Waals surface area contributed by atoms with E-state index in [1.54, 1.807) is 6.07 Å². The Bertz CT molecular complexity index is 705. The third-order valence-corrected chi connectivity index (χ3v) is 4.63. The minimum absolute atomic E-state index is 0.144. The highest BCUT2D eigenvalue weighted by Crippen LogP contribution is 2.30. The Morgan fingerprint density at radius 1 is 1.33 bits per heavy atom. The smallest absolute Gasteiger partial charge is 0.223 e. The highest BCUT2D eigenvalue weighted by molar-refractivity contribution is 9.10. The van der Waals surface area contributed by atoms with Crippen LogP contribution in [0.4, 0.5) is 17.6 Å². The molecule has 0 saturated carbocycles. The molecule has 0 bridgehead atoms. The van der Waals surface area contributed by atoms with E-state index in [9.17, 15) is 0 Å². The number of nitrogens with zero attached hydrogens (tertiary/aromatic N) is 3. The van der Waals surface area contributed by atoms with Crippen LogP contribution in [0.15, 0.2) is 28.7 Å². The fraction of sp³-hybridized carbons (Fsp3) is 0.375. The lowest BCUT2D eigenvalue weighted by Gasteiger charge is -2.35. The number of hydrogen-bond acceptors (Lipinski definition) is 7. The van der Waals surface area contributed by atoms with Crippen molar-refractivity contribution in [3.63, 3.8) is 0 Å². The van der Waals surface area contributed by atoms with Crippen LogP contribution >= 0.6 is 15.9 Å². The Morgan fingerprint density at radius 3 is 2.92 bits per heavy atom. The second kappa shape index (κ2) is 7.23. The molecule has 0 spiro atoms. The van der Waals surface area contributed by atoms with E-state index in [-0.39, 0.29) is 12.0 Å². The zero-order valence-electron chi connectivity index (χ0n) is 13.5. The van der Waals surface area contributed by atoms with Crippen LogP contribution in [-0.2, 0) is 0 Å². The quantitative estimate of drug-likeness (QED) is 0.730. The van der Waals surface area contributed by atoms with Crippen LogP contribution in [0.2, 0.25) is 0 Å². The first-order valence-corrected chi connectivity index (χ1v) is 8.66. The van der Waals surface area contributed by atoms with E-state index in [2.05, 4.69) is 42.2 Å². The van der Waals surface area contributed by atoms with Gasteiger partial charge in [0.1, 0.15) is 17.4 Å². The van der Waals surface area contributed by atoms with Gasteiger partial charge in [0.25, 0.3) is 0 Å². The summed E-state index contributed by atoms with van der Waals surface area (Å²) in [5, 5.41) is 3.54. The van der Waals surface area contributed by atoms with Gasteiger partial charge in [0, 0.05) is 30.2 Å². The van der Waals surface area contributed by atoms with Gasteiger partial charge in [-0.2, -0.15) is 9.97 Å². The van der Waals surface area contributed by atoms with Gasteiger partial charge in [0.15, 0.2) is 0 Å². The number of hydrogen-bond donors (Lipinski definition) is 3. The summed E-state index contributed by atoms with van der Waals surface area (Å²) < 4.78 is 6.67. The minimum atomic E-state index is 0.144. The summed E-state index contributed by atoms with van der Waals surface area (Å²) in [5.74, 6) is 2.19. The van der Waals surface area contributed by atoms with Gasteiger partial charge in [-0.25, -0.2) is 0 Å². The maximum Gasteiger partial charge on any atom is 0.223 e. The molecule has 2 aromatic rings. The zero-order chi connectivity index (χ0) is 17.1. The fourth-order valence-electron chi connectivity index (χ4n) is 2.85. The topological polar surface area (TPSA) is 102 Å². The Kier molecular flexibility index (Phi) is 5.06. The van der Waals surface area contributed by atoms with Gasteiger partial charge in [0.05, 0.1) is 12.6 Å². The molecule has 5 N–H and O–H groups in total. The number of nitrogen functional groups attached to an aromatic ring is 2. The molecule has 1 saturated heterocycles. The number of anilines is 3. The highest BCUT2D eigenvalue weighted by Gasteiger charge is 2.24. The molecule has 0 aliphatic carbocycles. The Balaban J connectivity index is 1.84. The van der Waals surface area contributed by atoms with Crippen LogP contribution in [0.3, 0.4) is 0 Å². The lowest BCUT2D eigenvalue weighted by atomic mass is 10.0. The Labute approximate surface area is 149 Å². The molecule has 0 unspecified atom stereocenters. The molecule has 2 heterocycles. The van der Waals surface area contributed by atoms with E-state index >= 15 is 0 Å². The van der Waals surface area contributed by atoms with Crippen molar-refractivity contribution in [1.29, 1.82) is 0 Å². The van der Waals surface area contributed by atoms with Gasteiger partial charge in [-0.15, -0.1) is 0 Å². The number of nitrogens with one attached hydrogen (secondary N) is 1. The predicted octanol–water partition coefficient (Wildman–Crippen LogP) is 1.95. The number of benzene rings is 1. The van der Waals surface area contributed by atoms with Crippen molar-refractivity contribution >= 4 is 33.5 Å². The first kappa shape index (κ1) is 16.8. The van der Waals surface area contributed by atoms with E-state index < -0.39 is 0 Å².